The molecular formula is C12H15F3N2O2S2. The summed E-state index contributed by atoms with van der Waals surface area (Å²) in [5, 5.41) is 0. The first-order valence-corrected chi connectivity index (χ1v) is 7.90. The number of thiocarbonyl (C=S) groups is 1. The van der Waals surface area contributed by atoms with Crippen LogP contribution in [-0.2, 0) is 16.2 Å². The van der Waals surface area contributed by atoms with Gasteiger partial charge in [-0.25, -0.2) is 8.42 Å². The molecule has 9 heteroatoms. The maximum absolute atomic E-state index is 13.0. The fraction of sp³-hybridized carbons (Fsp3) is 0.417. The van der Waals surface area contributed by atoms with Crippen molar-refractivity contribution in [3.05, 3.63) is 29.8 Å². The molecule has 0 atom stereocenters. The lowest BCUT2D eigenvalue weighted by Gasteiger charge is -2.23. The number of halogens is 3. The highest BCUT2D eigenvalue weighted by Gasteiger charge is 2.38. The molecule has 0 saturated heterocycles. The van der Waals surface area contributed by atoms with Gasteiger partial charge in [0.05, 0.1) is 22.0 Å². The molecule has 0 aromatic heterocycles. The van der Waals surface area contributed by atoms with Crippen molar-refractivity contribution < 1.29 is 21.6 Å². The second-order valence-electron chi connectivity index (χ2n) is 4.30. The third-order valence-corrected chi connectivity index (χ3v) is 4.65. The molecule has 1 rings (SSSR count). The van der Waals surface area contributed by atoms with Gasteiger partial charge in [-0.05, 0) is 18.6 Å². The zero-order chi connectivity index (χ0) is 16.3. The number of nitrogens with zero attached hydrogens (tertiary/aromatic N) is 1. The van der Waals surface area contributed by atoms with Gasteiger partial charge in [0.2, 0.25) is 10.0 Å². The number of alkyl halides is 3. The van der Waals surface area contributed by atoms with Crippen LogP contribution in [0.25, 0.3) is 0 Å². The minimum absolute atomic E-state index is 0.0336. The molecule has 4 nitrogen and oxygen atoms in total. The van der Waals surface area contributed by atoms with Crippen molar-refractivity contribution in [1.29, 1.82) is 0 Å². The summed E-state index contributed by atoms with van der Waals surface area (Å²) >= 11 is 4.66. The van der Waals surface area contributed by atoms with E-state index in [9.17, 15) is 21.6 Å². The Hall–Kier alpha value is -1.19. The van der Waals surface area contributed by atoms with Gasteiger partial charge in [-0.1, -0.05) is 31.3 Å². The van der Waals surface area contributed by atoms with E-state index in [1.807, 2.05) is 0 Å². The van der Waals surface area contributed by atoms with Crippen LogP contribution in [0, 0.1) is 0 Å². The highest BCUT2D eigenvalue weighted by atomic mass is 32.2. The van der Waals surface area contributed by atoms with E-state index >= 15 is 0 Å². The lowest BCUT2D eigenvalue weighted by Crippen LogP contribution is -2.38. The van der Waals surface area contributed by atoms with Crippen molar-refractivity contribution >= 4 is 27.2 Å². The van der Waals surface area contributed by atoms with Gasteiger partial charge < -0.3 is 5.73 Å². The molecule has 0 radical (unpaired) electrons. The van der Waals surface area contributed by atoms with E-state index in [2.05, 4.69) is 12.2 Å². The Bertz CT molecular complexity index is 615. The summed E-state index contributed by atoms with van der Waals surface area (Å²) in [6.07, 6.45) is -4.33. The molecule has 0 unspecified atom stereocenters. The predicted octanol–water partition coefficient (Wildman–Crippen LogP) is 2.39. The third-order valence-electron chi connectivity index (χ3n) is 2.62. The van der Waals surface area contributed by atoms with E-state index < -0.39 is 26.7 Å². The van der Waals surface area contributed by atoms with Crippen molar-refractivity contribution in [2.45, 2.75) is 24.4 Å². The molecule has 2 N–H and O–H groups in total. The van der Waals surface area contributed by atoms with Crippen LogP contribution in [-0.4, -0.2) is 30.8 Å². The Morgan fingerprint density at radius 2 is 1.90 bits per heavy atom. The van der Waals surface area contributed by atoms with Gasteiger partial charge in [-0.15, -0.1) is 0 Å². The van der Waals surface area contributed by atoms with Gasteiger partial charge in [0.1, 0.15) is 0 Å². The summed E-state index contributed by atoms with van der Waals surface area (Å²) in [7, 11) is -4.33. The SMILES string of the molecule is CCCN(CC(N)=S)S(=O)(=O)c1ccccc1C(F)(F)F. The number of nitrogens with two attached hydrogens (primary N) is 1. The molecule has 0 amide bonds. The van der Waals surface area contributed by atoms with Gasteiger partial charge in [0, 0.05) is 6.54 Å². The zero-order valence-electron chi connectivity index (χ0n) is 11.2. The van der Waals surface area contributed by atoms with Crippen LogP contribution >= 0.6 is 12.2 Å². The third kappa shape index (κ3) is 4.39. The first kappa shape index (κ1) is 17.9. The standard InChI is InChI=1S/C12H15F3N2O2S2/c1-2-7-17(8-11(16)20)21(18,19)10-6-4-3-5-9(10)12(13,14)15/h3-6H,2,7-8H2,1H3,(H2,16,20). The quantitative estimate of drug-likeness (QED) is 0.808. The summed E-state index contributed by atoms with van der Waals surface area (Å²) in [4.78, 5) is -0.890. The number of sulfonamides is 1. The van der Waals surface area contributed by atoms with Crippen molar-refractivity contribution in [3.63, 3.8) is 0 Å². The predicted molar refractivity (Wildman–Crippen MR) is 77.3 cm³/mol. The van der Waals surface area contributed by atoms with E-state index in [0.717, 1.165) is 22.5 Å². The Labute approximate surface area is 126 Å². The van der Waals surface area contributed by atoms with Crippen LogP contribution in [0.1, 0.15) is 18.9 Å². The second kappa shape index (κ2) is 6.71. The fourth-order valence-electron chi connectivity index (χ4n) is 1.77. The Morgan fingerprint density at radius 3 is 2.38 bits per heavy atom. The van der Waals surface area contributed by atoms with Gasteiger partial charge >= 0.3 is 6.18 Å². The van der Waals surface area contributed by atoms with Crippen LogP contribution in [0.3, 0.4) is 0 Å². The Kier molecular flexibility index (Phi) is 5.71. The van der Waals surface area contributed by atoms with E-state index in [0.29, 0.717) is 6.42 Å². The van der Waals surface area contributed by atoms with Crippen molar-refractivity contribution in [3.8, 4) is 0 Å². The summed E-state index contributed by atoms with van der Waals surface area (Å²) in [5.74, 6) is 0. The van der Waals surface area contributed by atoms with Crippen molar-refractivity contribution in [1.82, 2.24) is 4.31 Å². The molecule has 1 aromatic carbocycles. The second-order valence-corrected chi connectivity index (χ2v) is 6.73. The number of benzene rings is 1. The van der Waals surface area contributed by atoms with Gasteiger partial charge in [0.25, 0.3) is 0 Å². The summed E-state index contributed by atoms with van der Waals surface area (Å²) in [6, 6.07) is 4.05. The molecule has 0 aliphatic carbocycles. The van der Waals surface area contributed by atoms with Crippen LogP contribution in [0.4, 0.5) is 13.2 Å². The maximum atomic E-state index is 13.0. The molecule has 0 aliphatic heterocycles. The summed E-state index contributed by atoms with van der Waals surface area (Å²) in [5.41, 5.74) is 4.13. The Balaban J connectivity index is 3.38. The van der Waals surface area contributed by atoms with E-state index in [-0.39, 0.29) is 18.1 Å². The first-order chi connectivity index (χ1) is 9.60. The van der Waals surface area contributed by atoms with E-state index in [1.54, 1.807) is 6.92 Å². The minimum Gasteiger partial charge on any atom is -0.392 e. The van der Waals surface area contributed by atoms with Crippen molar-refractivity contribution in [2.75, 3.05) is 13.1 Å². The minimum atomic E-state index is -4.76. The van der Waals surface area contributed by atoms with Gasteiger partial charge in [0.15, 0.2) is 0 Å². The lowest BCUT2D eigenvalue weighted by molar-refractivity contribution is -0.139. The highest BCUT2D eigenvalue weighted by molar-refractivity contribution is 7.89. The smallest absolute Gasteiger partial charge is 0.392 e. The molecular weight excluding hydrogens is 325 g/mol. The molecule has 0 saturated carbocycles. The topological polar surface area (TPSA) is 63.4 Å². The van der Waals surface area contributed by atoms with Crippen LogP contribution < -0.4 is 5.73 Å². The van der Waals surface area contributed by atoms with Crippen LogP contribution in [0.5, 0.6) is 0 Å². The molecule has 118 valence electrons. The summed E-state index contributed by atoms with van der Waals surface area (Å²) in [6.45, 7) is 1.45. The number of rotatable bonds is 6. The van der Waals surface area contributed by atoms with Crippen LogP contribution in [0.2, 0.25) is 0 Å². The highest BCUT2D eigenvalue weighted by Crippen LogP contribution is 2.35. The molecule has 0 bridgehead atoms. The number of hydrogen-bond acceptors (Lipinski definition) is 3. The first-order valence-electron chi connectivity index (χ1n) is 6.05. The van der Waals surface area contributed by atoms with Crippen molar-refractivity contribution in [2.24, 2.45) is 5.73 Å². The molecule has 0 aliphatic rings. The zero-order valence-corrected chi connectivity index (χ0v) is 12.9. The van der Waals surface area contributed by atoms with E-state index in [1.165, 1.54) is 6.07 Å². The molecule has 0 spiro atoms. The normalized spacial score (nSPS) is 12.6. The van der Waals surface area contributed by atoms with E-state index in [4.69, 9.17) is 5.73 Å². The number of hydrogen-bond donors (Lipinski definition) is 1. The van der Waals surface area contributed by atoms with Gasteiger partial charge in [-0.3, -0.25) is 0 Å². The molecule has 21 heavy (non-hydrogen) atoms. The lowest BCUT2D eigenvalue weighted by atomic mass is 10.2. The molecule has 0 fully saturated rings. The molecule has 0 heterocycles. The maximum Gasteiger partial charge on any atom is 0.417 e. The summed E-state index contributed by atoms with van der Waals surface area (Å²) < 4.78 is 64.6. The monoisotopic (exact) mass is 340 g/mol. The fourth-order valence-corrected chi connectivity index (χ4v) is 3.73. The average Bonchev–Trinajstić information content (AvgIpc) is 2.36. The van der Waals surface area contributed by atoms with Crippen LogP contribution in [0.15, 0.2) is 29.2 Å². The molecule has 1 aromatic rings. The Morgan fingerprint density at radius 1 is 1.33 bits per heavy atom. The largest absolute Gasteiger partial charge is 0.417 e. The average molecular weight is 340 g/mol. The van der Waals surface area contributed by atoms with Gasteiger partial charge in [-0.2, -0.15) is 17.5 Å².